The van der Waals surface area contributed by atoms with Crippen molar-refractivity contribution in [3.8, 4) is 11.5 Å². The number of carbonyl (C=O) groups is 1. The monoisotopic (exact) mass is 295 g/mol. The number of carbonyl (C=O) groups excluding carboxylic acids is 1. The Morgan fingerprint density at radius 2 is 1.86 bits per heavy atom. The van der Waals surface area contributed by atoms with Gasteiger partial charge in [0.1, 0.15) is 17.5 Å². The molecule has 0 heterocycles. The van der Waals surface area contributed by atoms with Gasteiger partial charge in [0, 0.05) is 6.07 Å². The molecule has 21 heavy (non-hydrogen) atoms. The van der Waals surface area contributed by atoms with Crippen LogP contribution in [0.25, 0.3) is 0 Å². The molecule has 0 bridgehead atoms. The van der Waals surface area contributed by atoms with Crippen molar-refractivity contribution in [1.29, 1.82) is 0 Å². The van der Waals surface area contributed by atoms with Crippen molar-refractivity contribution >= 4 is 5.97 Å². The van der Waals surface area contributed by atoms with Gasteiger partial charge in [0.2, 0.25) is 0 Å². The molecule has 2 N–H and O–H groups in total. The first-order valence-electron chi connectivity index (χ1n) is 6.99. The highest BCUT2D eigenvalue weighted by atomic mass is 16.5. The van der Waals surface area contributed by atoms with Crippen molar-refractivity contribution in [3.05, 3.63) is 23.8 Å². The number of benzene rings is 1. The first-order valence-corrected chi connectivity index (χ1v) is 6.99. The Morgan fingerprint density at radius 1 is 1.19 bits per heavy atom. The van der Waals surface area contributed by atoms with Crippen LogP contribution < -0.4 is 15.2 Å². The quantitative estimate of drug-likeness (QED) is 0.782. The molecular weight excluding hydrogens is 270 g/mol. The van der Waals surface area contributed by atoms with Gasteiger partial charge >= 0.3 is 5.97 Å². The zero-order valence-electron chi connectivity index (χ0n) is 13.4. The lowest BCUT2D eigenvalue weighted by Gasteiger charge is -2.24. The Morgan fingerprint density at radius 3 is 2.38 bits per heavy atom. The minimum absolute atomic E-state index is 0.196. The third-order valence-electron chi connectivity index (χ3n) is 3.91. The number of esters is 1. The van der Waals surface area contributed by atoms with Crippen molar-refractivity contribution in [1.82, 2.24) is 0 Å². The van der Waals surface area contributed by atoms with Gasteiger partial charge in [-0.05, 0) is 29.9 Å². The number of nitrogens with two attached hydrogens (primary N) is 1. The molecule has 1 aromatic rings. The summed E-state index contributed by atoms with van der Waals surface area (Å²) in [7, 11) is 4.61. The summed E-state index contributed by atoms with van der Waals surface area (Å²) in [6.07, 6.45) is 0.559. The van der Waals surface area contributed by atoms with Crippen LogP contribution in [0.4, 0.5) is 0 Å². The first kappa shape index (κ1) is 17.3. The Labute approximate surface area is 126 Å². The molecule has 0 aliphatic carbocycles. The van der Waals surface area contributed by atoms with Crippen molar-refractivity contribution in [3.63, 3.8) is 0 Å². The van der Waals surface area contributed by atoms with Crippen molar-refractivity contribution < 1.29 is 19.0 Å². The molecule has 0 saturated carbocycles. The van der Waals surface area contributed by atoms with E-state index in [4.69, 9.17) is 15.2 Å². The van der Waals surface area contributed by atoms with Crippen LogP contribution >= 0.6 is 0 Å². The van der Waals surface area contributed by atoms with Crippen LogP contribution in [0.1, 0.15) is 31.7 Å². The summed E-state index contributed by atoms with van der Waals surface area (Å²) >= 11 is 0. The normalized spacial score (nSPS) is 15.0. The van der Waals surface area contributed by atoms with Crippen LogP contribution in [0.3, 0.4) is 0 Å². The van der Waals surface area contributed by atoms with Gasteiger partial charge < -0.3 is 19.9 Å². The number of rotatable bonds is 7. The molecule has 0 aromatic heterocycles. The van der Waals surface area contributed by atoms with Crippen molar-refractivity contribution in [2.24, 2.45) is 11.7 Å². The maximum Gasteiger partial charge on any atom is 0.322 e. The third kappa shape index (κ3) is 4.36. The third-order valence-corrected chi connectivity index (χ3v) is 3.91. The van der Waals surface area contributed by atoms with Gasteiger partial charge in [-0.2, -0.15) is 0 Å². The van der Waals surface area contributed by atoms with Gasteiger partial charge in [0.15, 0.2) is 0 Å². The second-order valence-electron chi connectivity index (χ2n) is 5.24. The van der Waals surface area contributed by atoms with E-state index < -0.39 is 6.04 Å². The molecule has 0 amide bonds. The van der Waals surface area contributed by atoms with E-state index >= 15 is 0 Å². The largest absolute Gasteiger partial charge is 0.497 e. The fraction of sp³-hybridized carbons (Fsp3) is 0.562. The van der Waals surface area contributed by atoms with Crippen molar-refractivity contribution in [2.75, 3.05) is 21.3 Å². The molecule has 5 nitrogen and oxygen atoms in total. The van der Waals surface area contributed by atoms with Gasteiger partial charge in [-0.1, -0.05) is 19.9 Å². The average Bonchev–Trinajstić information content (AvgIpc) is 2.52. The molecule has 0 spiro atoms. The highest BCUT2D eigenvalue weighted by Gasteiger charge is 2.24. The summed E-state index contributed by atoms with van der Waals surface area (Å²) in [6, 6.07) is 5.15. The molecule has 3 unspecified atom stereocenters. The van der Waals surface area contributed by atoms with Crippen LogP contribution in [0.2, 0.25) is 0 Å². The van der Waals surface area contributed by atoms with Gasteiger partial charge in [0.25, 0.3) is 0 Å². The van der Waals surface area contributed by atoms with E-state index in [1.54, 1.807) is 14.2 Å². The highest BCUT2D eigenvalue weighted by Crippen LogP contribution is 2.35. The molecule has 0 aliphatic heterocycles. The number of methoxy groups -OCH3 is 3. The van der Waals surface area contributed by atoms with Crippen LogP contribution in [0, 0.1) is 5.92 Å². The van der Waals surface area contributed by atoms with Gasteiger partial charge in [0.05, 0.1) is 21.3 Å². The second kappa shape index (κ2) is 7.88. The molecule has 3 atom stereocenters. The van der Waals surface area contributed by atoms with E-state index in [0.29, 0.717) is 6.42 Å². The van der Waals surface area contributed by atoms with Gasteiger partial charge in [-0.3, -0.25) is 4.79 Å². The van der Waals surface area contributed by atoms with E-state index in [1.165, 1.54) is 7.11 Å². The van der Waals surface area contributed by atoms with Crippen LogP contribution in [0.5, 0.6) is 11.5 Å². The second-order valence-corrected chi connectivity index (χ2v) is 5.24. The predicted molar refractivity (Wildman–Crippen MR) is 81.7 cm³/mol. The predicted octanol–water partition coefficient (Wildman–Crippen LogP) is 2.33. The lowest BCUT2D eigenvalue weighted by Crippen LogP contribution is -2.34. The minimum atomic E-state index is -0.600. The first-order chi connectivity index (χ1) is 9.94. The topological polar surface area (TPSA) is 70.8 Å². The highest BCUT2D eigenvalue weighted by molar-refractivity contribution is 5.75. The number of ether oxygens (including phenoxy) is 3. The Kier molecular flexibility index (Phi) is 6.49. The Balaban J connectivity index is 2.87. The van der Waals surface area contributed by atoms with E-state index in [0.717, 1.165) is 17.1 Å². The van der Waals surface area contributed by atoms with Crippen LogP contribution in [-0.2, 0) is 9.53 Å². The lowest BCUT2D eigenvalue weighted by molar-refractivity contribution is -0.142. The van der Waals surface area contributed by atoms with Gasteiger partial charge in [-0.15, -0.1) is 0 Å². The molecule has 1 rings (SSSR count). The molecule has 1 aromatic carbocycles. The van der Waals surface area contributed by atoms with Crippen molar-refractivity contribution in [2.45, 2.75) is 32.2 Å². The molecule has 118 valence electrons. The summed E-state index contributed by atoms with van der Waals surface area (Å²) in [5.74, 6) is 1.56. The zero-order valence-corrected chi connectivity index (χ0v) is 13.4. The summed E-state index contributed by atoms with van der Waals surface area (Å²) in [5.41, 5.74) is 6.91. The maximum absolute atomic E-state index is 11.4. The Hall–Kier alpha value is -1.75. The molecule has 0 aliphatic rings. The summed E-state index contributed by atoms with van der Waals surface area (Å²) < 4.78 is 15.3. The van der Waals surface area contributed by atoms with Gasteiger partial charge in [-0.25, -0.2) is 0 Å². The summed E-state index contributed by atoms with van der Waals surface area (Å²) in [4.78, 5) is 11.4. The molecule has 5 heteroatoms. The fourth-order valence-electron chi connectivity index (χ4n) is 2.35. The lowest BCUT2D eigenvalue weighted by atomic mass is 9.84. The zero-order chi connectivity index (χ0) is 16.0. The summed E-state index contributed by atoms with van der Waals surface area (Å²) in [5, 5.41) is 0. The molecule has 0 fully saturated rings. The maximum atomic E-state index is 11.4. The summed E-state index contributed by atoms with van der Waals surface area (Å²) in [6.45, 7) is 4.16. The SMILES string of the molecule is COC(=O)C(N)CC(C)C(C)c1ccc(OC)cc1OC. The standard InChI is InChI=1S/C16H25NO4/c1-10(8-14(17)16(18)21-5)11(2)13-7-6-12(19-3)9-15(13)20-4/h6-7,9-11,14H,8,17H2,1-5H3. The molecular formula is C16H25NO4. The minimum Gasteiger partial charge on any atom is -0.497 e. The van der Waals surface area contributed by atoms with E-state index in [9.17, 15) is 4.79 Å². The average molecular weight is 295 g/mol. The Bertz CT molecular complexity index is 475. The van der Waals surface area contributed by atoms with E-state index in [1.807, 2.05) is 18.2 Å². The number of hydrogen-bond acceptors (Lipinski definition) is 5. The van der Waals surface area contributed by atoms with E-state index in [2.05, 4.69) is 18.6 Å². The molecule has 0 saturated heterocycles. The van der Waals surface area contributed by atoms with E-state index in [-0.39, 0.29) is 17.8 Å². The smallest absolute Gasteiger partial charge is 0.322 e. The molecule has 0 radical (unpaired) electrons. The van der Waals surface area contributed by atoms with Crippen LogP contribution in [0.15, 0.2) is 18.2 Å². The number of hydrogen-bond donors (Lipinski definition) is 1. The van der Waals surface area contributed by atoms with Crippen LogP contribution in [-0.4, -0.2) is 33.3 Å². The fourth-order valence-corrected chi connectivity index (χ4v) is 2.35.